The topological polar surface area (TPSA) is 59.8 Å². The van der Waals surface area contributed by atoms with Gasteiger partial charge in [0.25, 0.3) is 0 Å². The fourth-order valence-electron chi connectivity index (χ4n) is 3.33. The highest BCUT2D eigenvalue weighted by molar-refractivity contribution is 7.99. The minimum absolute atomic E-state index is 0.0736. The summed E-state index contributed by atoms with van der Waals surface area (Å²) in [5, 5.41) is 13.2. The Labute approximate surface area is 163 Å². The molecule has 0 radical (unpaired) electrons. The minimum atomic E-state index is 0.0736. The molecule has 7 heteroatoms. The minimum Gasteiger partial charge on any atom is -0.353 e. The van der Waals surface area contributed by atoms with Gasteiger partial charge in [-0.2, -0.15) is 0 Å². The second-order valence-electron chi connectivity index (χ2n) is 6.87. The lowest BCUT2D eigenvalue weighted by Crippen LogP contribution is -2.38. The van der Waals surface area contributed by atoms with Crippen molar-refractivity contribution >= 4 is 29.3 Å². The van der Waals surface area contributed by atoms with Crippen LogP contribution in [0.4, 0.5) is 0 Å². The lowest BCUT2D eigenvalue weighted by molar-refractivity contribution is -0.119. The van der Waals surface area contributed by atoms with Gasteiger partial charge in [-0.3, -0.25) is 4.79 Å². The molecule has 1 aromatic carbocycles. The predicted molar refractivity (Wildman–Crippen MR) is 106 cm³/mol. The van der Waals surface area contributed by atoms with E-state index in [1.165, 1.54) is 24.6 Å². The number of hydrogen-bond donors (Lipinski definition) is 1. The molecule has 1 N–H and O–H groups in total. The van der Waals surface area contributed by atoms with Crippen molar-refractivity contribution in [2.75, 3.05) is 5.75 Å². The van der Waals surface area contributed by atoms with Crippen molar-refractivity contribution in [1.29, 1.82) is 0 Å². The van der Waals surface area contributed by atoms with Crippen LogP contribution in [0.2, 0.25) is 5.02 Å². The van der Waals surface area contributed by atoms with Gasteiger partial charge < -0.3 is 9.88 Å². The summed E-state index contributed by atoms with van der Waals surface area (Å²) in [5.41, 5.74) is 0.930. The van der Waals surface area contributed by atoms with Crippen LogP contribution in [0.25, 0.3) is 11.4 Å². The molecule has 0 spiro atoms. The molecule has 3 rings (SSSR count). The van der Waals surface area contributed by atoms with E-state index < -0.39 is 0 Å². The number of nitrogens with zero attached hydrogens (tertiary/aromatic N) is 3. The van der Waals surface area contributed by atoms with Crippen molar-refractivity contribution in [2.24, 2.45) is 5.92 Å². The Kier molecular flexibility index (Phi) is 6.59. The lowest BCUT2D eigenvalue weighted by atomic mass is 9.87. The molecule has 1 amide bonds. The highest BCUT2D eigenvalue weighted by Gasteiger charge is 2.20. The van der Waals surface area contributed by atoms with Gasteiger partial charge in [-0.15, -0.1) is 10.2 Å². The Morgan fingerprint density at radius 1 is 1.31 bits per heavy atom. The molecule has 1 fully saturated rings. The highest BCUT2D eigenvalue weighted by atomic mass is 35.5. The maximum Gasteiger partial charge on any atom is 0.230 e. The van der Waals surface area contributed by atoms with Crippen LogP contribution in [-0.2, 0) is 11.3 Å². The Morgan fingerprint density at radius 3 is 2.77 bits per heavy atom. The van der Waals surface area contributed by atoms with Gasteiger partial charge in [0.2, 0.25) is 5.91 Å². The molecule has 1 aliphatic carbocycles. The average molecular weight is 393 g/mol. The SMILES string of the molecule is CCn1c(SCC(=O)NC2CCC(C)CC2)nnc1-c1cccc(Cl)c1. The number of nitrogens with one attached hydrogen (secondary N) is 1. The van der Waals surface area contributed by atoms with E-state index in [1.54, 1.807) is 0 Å². The zero-order valence-corrected chi connectivity index (χ0v) is 16.8. The van der Waals surface area contributed by atoms with Crippen molar-refractivity contribution in [1.82, 2.24) is 20.1 Å². The normalized spacial score (nSPS) is 20.1. The van der Waals surface area contributed by atoms with Crippen LogP contribution in [0.1, 0.15) is 39.5 Å². The summed E-state index contributed by atoms with van der Waals surface area (Å²) in [6, 6.07) is 7.91. The number of thioether (sulfide) groups is 1. The molecule has 0 unspecified atom stereocenters. The van der Waals surface area contributed by atoms with Crippen LogP contribution in [0.15, 0.2) is 29.4 Å². The molecule has 26 heavy (non-hydrogen) atoms. The fraction of sp³-hybridized carbons (Fsp3) is 0.526. The molecule has 1 heterocycles. The first kappa shape index (κ1) is 19.2. The van der Waals surface area contributed by atoms with Gasteiger partial charge in [0.05, 0.1) is 5.75 Å². The molecule has 5 nitrogen and oxygen atoms in total. The largest absolute Gasteiger partial charge is 0.353 e. The number of rotatable bonds is 6. The molecular formula is C19H25ClN4OS. The van der Waals surface area contributed by atoms with E-state index in [2.05, 4.69) is 22.4 Å². The lowest BCUT2D eigenvalue weighted by Gasteiger charge is -2.26. The first-order valence-electron chi connectivity index (χ1n) is 9.18. The summed E-state index contributed by atoms with van der Waals surface area (Å²) in [5.74, 6) is 1.99. The Hall–Kier alpha value is -1.53. The van der Waals surface area contributed by atoms with Crippen LogP contribution >= 0.6 is 23.4 Å². The maximum atomic E-state index is 12.3. The van der Waals surface area contributed by atoms with Crippen LogP contribution in [0, 0.1) is 5.92 Å². The molecular weight excluding hydrogens is 368 g/mol. The fourth-order valence-corrected chi connectivity index (χ4v) is 4.33. The van der Waals surface area contributed by atoms with Gasteiger partial charge in [0.15, 0.2) is 11.0 Å². The van der Waals surface area contributed by atoms with Gasteiger partial charge in [0.1, 0.15) is 0 Å². The molecule has 140 valence electrons. The van der Waals surface area contributed by atoms with E-state index in [-0.39, 0.29) is 5.91 Å². The van der Waals surface area contributed by atoms with Gasteiger partial charge in [-0.05, 0) is 50.7 Å². The van der Waals surface area contributed by atoms with E-state index in [4.69, 9.17) is 11.6 Å². The summed E-state index contributed by atoms with van der Waals surface area (Å²) in [6.45, 7) is 5.06. The number of halogens is 1. The average Bonchev–Trinajstić information content (AvgIpc) is 3.05. The van der Waals surface area contributed by atoms with Crippen molar-refractivity contribution in [3.05, 3.63) is 29.3 Å². The first-order chi connectivity index (χ1) is 12.6. The molecule has 2 aromatic rings. The maximum absolute atomic E-state index is 12.3. The predicted octanol–water partition coefficient (Wildman–Crippen LogP) is 4.41. The third-order valence-corrected chi connectivity index (χ3v) is 6.03. The number of benzene rings is 1. The van der Waals surface area contributed by atoms with Gasteiger partial charge in [-0.25, -0.2) is 0 Å². The number of carbonyl (C=O) groups excluding carboxylic acids is 1. The molecule has 0 aliphatic heterocycles. The van der Waals surface area contributed by atoms with E-state index in [0.717, 1.165) is 41.8 Å². The van der Waals surface area contributed by atoms with Crippen molar-refractivity contribution < 1.29 is 4.79 Å². The standard InChI is InChI=1S/C19H25ClN4OS/c1-3-24-18(14-5-4-6-15(20)11-14)22-23-19(24)26-12-17(25)21-16-9-7-13(2)8-10-16/h4-6,11,13,16H,3,7-10,12H2,1-2H3,(H,21,25). The third kappa shape index (κ3) is 4.80. The van der Waals surface area contributed by atoms with Crippen molar-refractivity contribution in [2.45, 2.75) is 57.3 Å². The van der Waals surface area contributed by atoms with E-state index in [0.29, 0.717) is 16.8 Å². The molecule has 1 saturated carbocycles. The van der Waals surface area contributed by atoms with Gasteiger partial charge in [-0.1, -0.05) is 42.4 Å². The highest BCUT2D eigenvalue weighted by Crippen LogP contribution is 2.26. The van der Waals surface area contributed by atoms with Crippen LogP contribution in [0.3, 0.4) is 0 Å². The molecule has 0 bridgehead atoms. The van der Waals surface area contributed by atoms with Gasteiger partial charge >= 0.3 is 0 Å². The van der Waals surface area contributed by atoms with E-state index >= 15 is 0 Å². The van der Waals surface area contributed by atoms with Crippen LogP contribution in [0.5, 0.6) is 0 Å². The van der Waals surface area contributed by atoms with Crippen LogP contribution < -0.4 is 5.32 Å². The Balaban J connectivity index is 1.60. The molecule has 0 saturated heterocycles. The molecule has 1 aliphatic rings. The monoisotopic (exact) mass is 392 g/mol. The zero-order valence-electron chi connectivity index (χ0n) is 15.2. The summed E-state index contributed by atoms with van der Waals surface area (Å²) < 4.78 is 2.02. The molecule has 1 aromatic heterocycles. The van der Waals surface area contributed by atoms with Gasteiger partial charge in [0, 0.05) is 23.2 Å². The number of amides is 1. The smallest absolute Gasteiger partial charge is 0.230 e. The zero-order chi connectivity index (χ0) is 18.5. The van der Waals surface area contributed by atoms with E-state index in [1.807, 2.05) is 35.8 Å². The Morgan fingerprint density at radius 2 is 2.08 bits per heavy atom. The summed E-state index contributed by atoms with van der Waals surface area (Å²) in [7, 11) is 0. The molecule has 0 atom stereocenters. The van der Waals surface area contributed by atoms with Crippen molar-refractivity contribution in [3.63, 3.8) is 0 Å². The summed E-state index contributed by atoms with van der Waals surface area (Å²) in [6.07, 6.45) is 4.57. The van der Waals surface area contributed by atoms with Crippen LogP contribution in [-0.4, -0.2) is 32.5 Å². The summed E-state index contributed by atoms with van der Waals surface area (Å²) in [4.78, 5) is 12.3. The second-order valence-corrected chi connectivity index (χ2v) is 8.25. The first-order valence-corrected chi connectivity index (χ1v) is 10.5. The number of hydrogen-bond acceptors (Lipinski definition) is 4. The number of aromatic nitrogens is 3. The second kappa shape index (κ2) is 8.91. The van der Waals surface area contributed by atoms with Crippen molar-refractivity contribution in [3.8, 4) is 11.4 Å². The third-order valence-electron chi connectivity index (χ3n) is 4.83. The number of carbonyl (C=O) groups is 1. The van der Waals surface area contributed by atoms with E-state index in [9.17, 15) is 4.79 Å². The summed E-state index contributed by atoms with van der Waals surface area (Å²) >= 11 is 7.52. The Bertz CT molecular complexity index is 756. The quantitative estimate of drug-likeness (QED) is 0.740.